The lowest BCUT2D eigenvalue weighted by molar-refractivity contribution is 0.276. The molecule has 0 radical (unpaired) electrons. The third-order valence-electron chi connectivity index (χ3n) is 2.91. The Hall–Kier alpha value is -1.68. The van der Waals surface area contributed by atoms with Crippen molar-refractivity contribution in [3.63, 3.8) is 0 Å². The molecule has 1 N–H and O–H groups in total. The monoisotopic (exact) mass is 231 g/mol. The van der Waals surface area contributed by atoms with Gasteiger partial charge < -0.3 is 5.11 Å². The van der Waals surface area contributed by atoms with Crippen molar-refractivity contribution in [3.8, 4) is 0 Å². The number of hydrogen-bond acceptors (Lipinski definition) is 3. The molecular weight excluding hydrogens is 214 g/mol. The van der Waals surface area contributed by atoms with Crippen molar-refractivity contribution in [3.05, 3.63) is 47.3 Å². The molecule has 90 valence electrons. The molecule has 0 fully saturated rings. The highest BCUT2D eigenvalue weighted by atomic mass is 16.3. The van der Waals surface area contributed by atoms with E-state index in [0.717, 1.165) is 25.1 Å². The van der Waals surface area contributed by atoms with Crippen molar-refractivity contribution in [2.75, 3.05) is 0 Å². The fraction of sp³-hybridized carbons (Fsp3) is 0.385. The van der Waals surface area contributed by atoms with Crippen LogP contribution in [0.2, 0.25) is 0 Å². The van der Waals surface area contributed by atoms with Crippen molar-refractivity contribution >= 4 is 0 Å². The van der Waals surface area contributed by atoms with Gasteiger partial charge >= 0.3 is 0 Å². The van der Waals surface area contributed by atoms with E-state index >= 15 is 0 Å². The van der Waals surface area contributed by atoms with Crippen LogP contribution in [0.25, 0.3) is 0 Å². The second-order valence-electron chi connectivity index (χ2n) is 4.09. The Labute approximate surface area is 101 Å². The summed E-state index contributed by atoms with van der Waals surface area (Å²) >= 11 is 0. The van der Waals surface area contributed by atoms with Crippen LogP contribution in [0, 0.1) is 6.92 Å². The van der Waals surface area contributed by atoms with E-state index in [2.05, 4.69) is 34.6 Å². The second kappa shape index (κ2) is 5.59. The van der Waals surface area contributed by atoms with Gasteiger partial charge in [-0.2, -0.15) is 0 Å². The lowest BCUT2D eigenvalue weighted by Crippen LogP contribution is -2.04. The van der Waals surface area contributed by atoms with Crippen molar-refractivity contribution in [1.29, 1.82) is 0 Å². The maximum absolute atomic E-state index is 9.02. The summed E-state index contributed by atoms with van der Waals surface area (Å²) in [7, 11) is 0. The minimum Gasteiger partial charge on any atom is -0.390 e. The highest BCUT2D eigenvalue weighted by Crippen LogP contribution is 2.07. The number of aryl methyl sites for hydroxylation is 2. The van der Waals surface area contributed by atoms with E-state index in [1.807, 2.05) is 17.7 Å². The number of rotatable bonds is 5. The Morgan fingerprint density at radius 2 is 2.00 bits per heavy atom. The predicted molar refractivity (Wildman–Crippen MR) is 65.4 cm³/mol. The van der Waals surface area contributed by atoms with Gasteiger partial charge in [0.25, 0.3) is 0 Å². The largest absolute Gasteiger partial charge is 0.390 e. The van der Waals surface area contributed by atoms with Gasteiger partial charge in [-0.05, 0) is 25.3 Å². The van der Waals surface area contributed by atoms with Gasteiger partial charge in [0, 0.05) is 6.54 Å². The normalized spacial score (nSPS) is 10.7. The van der Waals surface area contributed by atoms with E-state index in [1.165, 1.54) is 5.56 Å². The van der Waals surface area contributed by atoms with Gasteiger partial charge in [0.15, 0.2) is 0 Å². The molecule has 0 aliphatic carbocycles. The average molecular weight is 231 g/mol. The summed E-state index contributed by atoms with van der Waals surface area (Å²) in [6, 6.07) is 10.4. The molecule has 0 unspecified atom stereocenters. The molecule has 1 heterocycles. The van der Waals surface area contributed by atoms with Crippen molar-refractivity contribution in [2.45, 2.75) is 32.9 Å². The number of hydrogen-bond donors (Lipinski definition) is 1. The Morgan fingerprint density at radius 3 is 2.65 bits per heavy atom. The minimum atomic E-state index is -0.0372. The first-order valence-corrected chi connectivity index (χ1v) is 5.85. The molecule has 0 saturated heterocycles. The van der Waals surface area contributed by atoms with Crippen LogP contribution in [0.1, 0.15) is 23.4 Å². The van der Waals surface area contributed by atoms with Crippen LogP contribution < -0.4 is 0 Å². The van der Waals surface area contributed by atoms with Crippen LogP contribution in [-0.4, -0.2) is 20.1 Å². The van der Waals surface area contributed by atoms with Crippen molar-refractivity contribution in [1.82, 2.24) is 15.0 Å². The third-order valence-corrected chi connectivity index (χ3v) is 2.91. The average Bonchev–Trinajstić information content (AvgIpc) is 2.72. The van der Waals surface area contributed by atoms with E-state index < -0.39 is 0 Å². The van der Waals surface area contributed by atoms with E-state index in [4.69, 9.17) is 5.11 Å². The number of nitrogens with zero attached hydrogens (tertiary/aromatic N) is 3. The Balaban J connectivity index is 1.88. The summed E-state index contributed by atoms with van der Waals surface area (Å²) in [5.41, 5.74) is 2.97. The summed E-state index contributed by atoms with van der Waals surface area (Å²) in [6.07, 6.45) is 2.06. The number of benzene rings is 1. The molecular formula is C13H17N3O. The molecule has 1 aromatic heterocycles. The van der Waals surface area contributed by atoms with Crippen LogP contribution in [-0.2, 0) is 19.6 Å². The molecule has 0 aliphatic rings. The molecule has 17 heavy (non-hydrogen) atoms. The molecule has 4 heteroatoms. The highest BCUT2D eigenvalue weighted by molar-refractivity contribution is 5.14. The Bertz CT molecular complexity index is 465. The van der Waals surface area contributed by atoms with Gasteiger partial charge in [-0.15, -0.1) is 5.10 Å². The van der Waals surface area contributed by atoms with Crippen LogP contribution in [0.4, 0.5) is 0 Å². The zero-order valence-electron chi connectivity index (χ0n) is 10.0. The first-order chi connectivity index (χ1) is 8.31. The van der Waals surface area contributed by atoms with Gasteiger partial charge in [0.1, 0.15) is 5.69 Å². The maximum atomic E-state index is 9.02. The SMILES string of the molecule is Cc1c(CO)nnn1CCCc1ccccc1. The molecule has 4 nitrogen and oxygen atoms in total. The zero-order chi connectivity index (χ0) is 12.1. The van der Waals surface area contributed by atoms with Crippen molar-refractivity contribution in [2.24, 2.45) is 0 Å². The smallest absolute Gasteiger partial charge is 0.111 e. The van der Waals surface area contributed by atoms with Gasteiger partial charge in [-0.3, -0.25) is 0 Å². The fourth-order valence-electron chi connectivity index (χ4n) is 1.83. The molecule has 2 aromatic rings. The summed E-state index contributed by atoms with van der Waals surface area (Å²) in [4.78, 5) is 0. The third kappa shape index (κ3) is 2.91. The first-order valence-electron chi connectivity index (χ1n) is 5.85. The number of aromatic nitrogens is 3. The summed E-state index contributed by atoms with van der Waals surface area (Å²) in [5.74, 6) is 0. The van der Waals surface area contributed by atoms with Gasteiger partial charge in [0.05, 0.1) is 12.3 Å². The molecule has 0 amide bonds. The zero-order valence-corrected chi connectivity index (χ0v) is 10.0. The van der Waals surface area contributed by atoms with Crippen LogP contribution in [0.5, 0.6) is 0 Å². The molecule has 1 aromatic carbocycles. The minimum absolute atomic E-state index is 0.0372. The van der Waals surface area contributed by atoms with E-state index in [9.17, 15) is 0 Å². The first kappa shape index (κ1) is 11.8. The molecule has 2 rings (SSSR count). The van der Waals surface area contributed by atoms with E-state index in [0.29, 0.717) is 5.69 Å². The van der Waals surface area contributed by atoms with Crippen LogP contribution in [0.15, 0.2) is 30.3 Å². The molecule has 0 bridgehead atoms. The number of aliphatic hydroxyl groups excluding tert-OH is 1. The standard InChI is InChI=1S/C13H17N3O/c1-11-13(10-17)14-15-16(11)9-5-8-12-6-3-2-4-7-12/h2-4,6-7,17H,5,8-10H2,1H3. The lowest BCUT2D eigenvalue weighted by atomic mass is 10.1. The molecule has 0 saturated carbocycles. The van der Waals surface area contributed by atoms with E-state index in [1.54, 1.807) is 0 Å². The van der Waals surface area contributed by atoms with Gasteiger partial charge in [0.2, 0.25) is 0 Å². The lowest BCUT2D eigenvalue weighted by Gasteiger charge is -2.03. The van der Waals surface area contributed by atoms with Gasteiger partial charge in [-0.1, -0.05) is 35.5 Å². The second-order valence-corrected chi connectivity index (χ2v) is 4.09. The van der Waals surface area contributed by atoms with E-state index in [-0.39, 0.29) is 6.61 Å². The predicted octanol–water partition coefficient (Wildman–Crippen LogP) is 1.71. The Morgan fingerprint density at radius 1 is 1.24 bits per heavy atom. The summed E-state index contributed by atoms with van der Waals surface area (Å²) in [6.45, 7) is 2.74. The quantitative estimate of drug-likeness (QED) is 0.852. The summed E-state index contributed by atoms with van der Waals surface area (Å²) in [5, 5.41) is 17.0. The Kier molecular flexibility index (Phi) is 3.88. The summed E-state index contributed by atoms with van der Waals surface area (Å²) < 4.78 is 1.86. The van der Waals surface area contributed by atoms with Crippen LogP contribution in [0.3, 0.4) is 0 Å². The van der Waals surface area contributed by atoms with Gasteiger partial charge in [-0.25, -0.2) is 4.68 Å². The topological polar surface area (TPSA) is 50.9 Å². The van der Waals surface area contributed by atoms with Crippen LogP contribution >= 0.6 is 0 Å². The molecule has 0 aliphatic heterocycles. The molecule has 0 spiro atoms. The van der Waals surface area contributed by atoms with Crippen molar-refractivity contribution < 1.29 is 5.11 Å². The number of aliphatic hydroxyl groups is 1. The molecule has 0 atom stereocenters. The maximum Gasteiger partial charge on any atom is 0.111 e. The highest BCUT2D eigenvalue weighted by Gasteiger charge is 2.06. The fourth-order valence-corrected chi connectivity index (χ4v) is 1.83.